The summed E-state index contributed by atoms with van der Waals surface area (Å²) < 4.78 is 1.88. The largest absolute Gasteiger partial charge is 0.394 e. The van der Waals surface area contributed by atoms with Gasteiger partial charge in [0.15, 0.2) is 0 Å². The smallest absolute Gasteiger partial charge is 0.148 e. The third-order valence-corrected chi connectivity index (χ3v) is 3.27. The molecule has 4 N–H and O–H groups in total. The summed E-state index contributed by atoms with van der Waals surface area (Å²) in [7, 11) is 0. The Labute approximate surface area is 102 Å². The SMILES string of the molecule is Cc1nn(C(C)C)c(NCC(O)C2CC2)c1N. The molecule has 1 heterocycles. The number of nitrogen functional groups attached to an aromatic ring is 1. The van der Waals surface area contributed by atoms with Crippen LogP contribution in [0.4, 0.5) is 11.5 Å². The standard InChI is InChI=1S/C12H22N4O/c1-7(2)16-12(11(13)8(3)15-16)14-6-10(17)9-4-5-9/h7,9-10,14,17H,4-6,13H2,1-3H3. The molecule has 1 aliphatic carbocycles. The number of nitrogens with zero attached hydrogens (tertiary/aromatic N) is 2. The summed E-state index contributed by atoms with van der Waals surface area (Å²) in [6, 6.07) is 0.256. The normalized spacial score (nSPS) is 17.5. The molecule has 1 saturated carbocycles. The second kappa shape index (κ2) is 4.56. The van der Waals surface area contributed by atoms with E-state index in [2.05, 4.69) is 24.3 Å². The molecule has 5 heteroatoms. The van der Waals surface area contributed by atoms with Crippen LogP contribution < -0.4 is 11.1 Å². The average molecular weight is 238 g/mol. The van der Waals surface area contributed by atoms with E-state index in [1.54, 1.807) is 0 Å². The molecule has 0 spiro atoms. The van der Waals surface area contributed by atoms with E-state index in [0.717, 1.165) is 24.4 Å². The van der Waals surface area contributed by atoms with Crippen molar-refractivity contribution in [1.82, 2.24) is 9.78 Å². The number of rotatable bonds is 5. The van der Waals surface area contributed by atoms with Crippen molar-refractivity contribution in [3.8, 4) is 0 Å². The summed E-state index contributed by atoms with van der Waals surface area (Å²) in [4.78, 5) is 0. The zero-order valence-electron chi connectivity index (χ0n) is 10.8. The molecule has 1 aromatic rings. The van der Waals surface area contributed by atoms with E-state index in [-0.39, 0.29) is 12.1 Å². The molecule has 0 aliphatic heterocycles. The van der Waals surface area contributed by atoms with Crippen LogP contribution in [0.15, 0.2) is 0 Å². The molecule has 0 amide bonds. The fourth-order valence-electron chi connectivity index (χ4n) is 1.96. The van der Waals surface area contributed by atoms with Crippen LogP contribution >= 0.6 is 0 Å². The Kier molecular flexibility index (Phi) is 3.28. The second-order valence-corrected chi connectivity index (χ2v) is 5.17. The monoisotopic (exact) mass is 238 g/mol. The van der Waals surface area contributed by atoms with Crippen LogP contribution in [0.3, 0.4) is 0 Å². The van der Waals surface area contributed by atoms with Gasteiger partial charge in [-0.05, 0) is 39.5 Å². The summed E-state index contributed by atoms with van der Waals surface area (Å²) in [6.07, 6.45) is 2.01. The van der Waals surface area contributed by atoms with Gasteiger partial charge in [0.25, 0.3) is 0 Å². The number of nitrogens with two attached hydrogens (primary N) is 1. The molecule has 1 aliphatic rings. The van der Waals surface area contributed by atoms with E-state index < -0.39 is 0 Å². The van der Waals surface area contributed by atoms with E-state index in [0.29, 0.717) is 18.2 Å². The van der Waals surface area contributed by atoms with Crippen LogP contribution in [0.1, 0.15) is 38.4 Å². The predicted octanol–water partition coefficient (Wildman–Crippen LogP) is 1.54. The first-order valence-electron chi connectivity index (χ1n) is 6.27. The third kappa shape index (κ3) is 2.54. The highest BCUT2D eigenvalue weighted by molar-refractivity contribution is 5.64. The van der Waals surface area contributed by atoms with Crippen molar-refractivity contribution in [3.05, 3.63) is 5.69 Å². The summed E-state index contributed by atoms with van der Waals surface area (Å²) in [5, 5.41) is 17.5. The first kappa shape index (κ1) is 12.2. The van der Waals surface area contributed by atoms with Crippen LogP contribution in [0, 0.1) is 12.8 Å². The Morgan fingerprint density at radius 1 is 1.53 bits per heavy atom. The van der Waals surface area contributed by atoms with Crippen molar-refractivity contribution in [2.24, 2.45) is 5.92 Å². The zero-order chi connectivity index (χ0) is 12.6. The summed E-state index contributed by atoms with van der Waals surface area (Å²) in [6.45, 7) is 6.58. The molecule has 1 atom stereocenters. The Balaban J connectivity index is 2.07. The summed E-state index contributed by atoms with van der Waals surface area (Å²) in [5.41, 5.74) is 7.51. The Morgan fingerprint density at radius 3 is 2.71 bits per heavy atom. The molecule has 17 heavy (non-hydrogen) atoms. The molecule has 96 valence electrons. The zero-order valence-corrected chi connectivity index (χ0v) is 10.8. The van der Waals surface area contributed by atoms with Gasteiger partial charge in [-0.25, -0.2) is 4.68 Å². The van der Waals surface area contributed by atoms with Gasteiger partial charge in [-0.3, -0.25) is 0 Å². The minimum Gasteiger partial charge on any atom is -0.394 e. The molecule has 0 saturated heterocycles. The fourth-order valence-corrected chi connectivity index (χ4v) is 1.96. The minimum absolute atomic E-state index is 0.256. The lowest BCUT2D eigenvalue weighted by molar-refractivity contribution is 0.164. The van der Waals surface area contributed by atoms with Gasteiger partial charge in [0.2, 0.25) is 0 Å². The highest BCUT2D eigenvalue weighted by atomic mass is 16.3. The number of aliphatic hydroxyl groups is 1. The molecule has 1 unspecified atom stereocenters. The first-order chi connectivity index (χ1) is 8.00. The Hall–Kier alpha value is -1.23. The Bertz CT molecular complexity index is 395. The highest BCUT2D eigenvalue weighted by Crippen LogP contribution is 2.33. The molecule has 2 rings (SSSR count). The number of aliphatic hydroxyl groups excluding tert-OH is 1. The Morgan fingerprint density at radius 2 is 2.18 bits per heavy atom. The van der Waals surface area contributed by atoms with Crippen molar-refractivity contribution >= 4 is 11.5 Å². The number of hydrogen-bond donors (Lipinski definition) is 3. The quantitative estimate of drug-likeness (QED) is 0.727. The number of aryl methyl sites for hydroxylation is 1. The third-order valence-electron chi connectivity index (χ3n) is 3.27. The van der Waals surface area contributed by atoms with E-state index in [4.69, 9.17) is 5.73 Å². The lowest BCUT2D eigenvalue weighted by Gasteiger charge is -2.15. The van der Waals surface area contributed by atoms with Crippen molar-refractivity contribution in [2.45, 2.75) is 45.8 Å². The van der Waals surface area contributed by atoms with Crippen molar-refractivity contribution < 1.29 is 5.11 Å². The fraction of sp³-hybridized carbons (Fsp3) is 0.750. The van der Waals surface area contributed by atoms with Crippen LogP contribution in [-0.2, 0) is 0 Å². The topological polar surface area (TPSA) is 76.1 Å². The van der Waals surface area contributed by atoms with Crippen LogP contribution in [-0.4, -0.2) is 27.5 Å². The van der Waals surface area contributed by atoms with Crippen molar-refractivity contribution in [3.63, 3.8) is 0 Å². The molecule has 5 nitrogen and oxygen atoms in total. The van der Waals surface area contributed by atoms with E-state index in [9.17, 15) is 5.11 Å². The van der Waals surface area contributed by atoms with Gasteiger partial charge < -0.3 is 16.2 Å². The number of nitrogens with one attached hydrogen (secondary N) is 1. The van der Waals surface area contributed by atoms with Crippen LogP contribution in [0.25, 0.3) is 0 Å². The number of hydrogen-bond acceptors (Lipinski definition) is 4. The van der Waals surface area contributed by atoms with Gasteiger partial charge in [-0.15, -0.1) is 0 Å². The van der Waals surface area contributed by atoms with Crippen LogP contribution in [0.2, 0.25) is 0 Å². The average Bonchev–Trinajstić information content (AvgIpc) is 3.06. The van der Waals surface area contributed by atoms with Gasteiger partial charge >= 0.3 is 0 Å². The van der Waals surface area contributed by atoms with Gasteiger partial charge in [-0.2, -0.15) is 5.10 Å². The van der Waals surface area contributed by atoms with Gasteiger partial charge in [0, 0.05) is 12.6 Å². The first-order valence-corrected chi connectivity index (χ1v) is 6.27. The van der Waals surface area contributed by atoms with Gasteiger partial charge in [0.1, 0.15) is 5.82 Å². The molecule has 0 aromatic carbocycles. The maximum atomic E-state index is 9.84. The minimum atomic E-state index is -0.273. The van der Waals surface area contributed by atoms with Gasteiger partial charge in [-0.1, -0.05) is 0 Å². The molecule has 1 aromatic heterocycles. The maximum Gasteiger partial charge on any atom is 0.148 e. The number of aromatic nitrogens is 2. The molecule has 1 fully saturated rings. The molecular formula is C12H22N4O. The van der Waals surface area contributed by atoms with Crippen molar-refractivity contribution in [2.75, 3.05) is 17.6 Å². The summed E-state index contributed by atoms with van der Waals surface area (Å²) >= 11 is 0. The maximum absolute atomic E-state index is 9.84. The van der Waals surface area contributed by atoms with E-state index in [1.807, 2.05) is 11.6 Å². The lowest BCUT2D eigenvalue weighted by atomic mass is 10.2. The highest BCUT2D eigenvalue weighted by Gasteiger charge is 2.29. The number of anilines is 2. The van der Waals surface area contributed by atoms with E-state index in [1.165, 1.54) is 0 Å². The molecular weight excluding hydrogens is 216 g/mol. The second-order valence-electron chi connectivity index (χ2n) is 5.17. The summed E-state index contributed by atoms with van der Waals surface area (Å²) in [5.74, 6) is 1.30. The van der Waals surface area contributed by atoms with Gasteiger partial charge in [0.05, 0.1) is 17.5 Å². The lowest BCUT2D eigenvalue weighted by Crippen LogP contribution is -2.23. The van der Waals surface area contributed by atoms with Crippen LogP contribution in [0.5, 0.6) is 0 Å². The molecule has 0 radical (unpaired) electrons. The van der Waals surface area contributed by atoms with E-state index >= 15 is 0 Å². The predicted molar refractivity (Wildman–Crippen MR) is 69.0 cm³/mol. The van der Waals surface area contributed by atoms with Crippen molar-refractivity contribution in [1.29, 1.82) is 0 Å². The molecule has 0 bridgehead atoms.